The van der Waals surface area contributed by atoms with E-state index in [1.54, 1.807) is 29.5 Å². The van der Waals surface area contributed by atoms with E-state index in [2.05, 4.69) is 46.5 Å². The Labute approximate surface area is 219 Å². The van der Waals surface area contributed by atoms with E-state index in [0.717, 1.165) is 46.7 Å². The van der Waals surface area contributed by atoms with Crippen LogP contribution in [0.3, 0.4) is 0 Å². The molecule has 1 amide bonds. The first-order valence-corrected chi connectivity index (χ1v) is 13.1. The highest BCUT2D eigenvalue weighted by Crippen LogP contribution is 2.39. The minimum Gasteiger partial charge on any atom is -0.465 e. The Morgan fingerprint density at radius 2 is 1.78 bits per heavy atom. The first-order chi connectivity index (χ1) is 18.0. The molecule has 0 radical (unpaired) electrons. The highest BCUT2D eigenvalue weighted by Gasteiger charge is 2.29. The third-order valence-corrected chi connectivity index (χ3v) is 7.39. The van der Waals surface area contributed by atoms with E-state index in [9.17, 15) is 9.59 Å². The number of ether oxygens (including phenoxy) is 1. The second-order valence-electron chi connectivity index (χ2n) is 8.77. The summed E-state index contributed by atoms with van der Waals surface area (Å²) in [6, 6.07) is 19.4. The van der Waals surface area contributed by atoms with Crippen LogP contribution in [-0.4, -0.2) is 42.0 Å². The van der Waals surface area contributed by atoms with Crippen molar-refractivity contribution < 1.29 is 14.3 Å². The third-order valence-electron chi connectivity index (χ3n) is 6.58. The Morgan fingerprint density at radius 3 is 2.51 bits per heavy atom. The van der Waals surface area contributed by atoms with Crippen LogP contribution in [0.25, 0.3) is 21.5 Å². The van der Waals surface area contributed by atoms with Gasteiger partial charge in [0.25, 0.3) is 5.91 Å². The van der Waals surface area contributed by atoms with Crippen LogP contribution in [0.1, 0.15) is 40.9 Å². The molecular formula is C29H28N4O3S. The summed E-state index contributed by atoms with van der Waals surface area (Å²) in [5, 5.41) is 6.43. The van der Waals surface area contributed by atoms with E-state index >= 15 is 0 Å². The molecule has 0 saturated heterocycles. The van der Waals surface area contributed by atoms with Gasteiger partial charge in [-0.15, -0.1) is 11.3 Å². The third kappa shape index (κ3) is 4.98. The standard InChI is InChI=1S/C29H28N4O3S/c1-4-33(5-2)16-18-6-10-21(11-7-18)31-27(19-9-13-25-24(14-19)30-17-37-25)26-22-12-8-20(29(35)36-3)15-23(22)32-28(26)34/h6-15,17,31H,4-5,16H2,1-3H3,(H,32,34)/b27-26-. The van der Waals surface area contributed by atoms with Crippen LogP contribution < -0.4 is 10.6 Å². The van der Waals surface area contributed by atoms with Crippen molar-refractivity contribution in [1.29, 1.82) is 0 Å². The molecule has 37 heavy (non-hydrogen) atoms. The number of fused-ring (bicyclic) bond motifs is 2. The minimum absolute atomic E-state index is 0.240. The molecular weight excluding hydrogens is 484 g/mol. The Morgan fingerprint density at radius 1 is 1.03 bits per heavy atom. The molecule has 7 nitrogen and oxygen atoms in total. The molecule has 0 saturated carbocycles. The van der Waals surface area contributed by atoms with Crippen molar-refractivity contribution in [3.05, 3.63) is 88.4 Å². The highest BCUT2D eigenvalue weighted by atomic mass is 32.1. The van der Waals surface area contributed by atoms with Gasteiger partial charge in [0, 0.05) is 23.4 Å². The number of thiazole rings is 1. The lowest BCUT2D eigenvalue weighted by Gasteiger charge is -2.19. The molecule has 0 unspecified atom stereocenters. The van der Waals surface area contributed by atoms with Gasteiger partial charge in [-0.05, 0) is 55.1 Å². The number of nitrogens with zero attached hydrogens (tertiary/aromatic N) is 2. The first kappa shape index (κ1) is 24.7. The van der Waals surface area contributed by atoms with E-state index in [1.807, 2.05) is 35.8 Å². The van der Waals surface area contributed by atoms with Crippen molar-refractivity contribution in [2.75, 3.05) is 30.8 Å². The van der Waals surface area contributed by atoms with Gasteiger partial charge in [-0.1, -0.05) is 38.1 Å². The predicted octanol–water partition coefficient (Wildman–Crippen LogP) is 5.86. The summed E-state index contributed by atoms with van der Waals surface area (Å²) in [6.45, 7) is 7.21. The van der Waals surface area contributed by atoms with Gasteiger partial charge in [-0.3, -0.25) is 9.69 Å². The van der Waals surface area contributed by atoms with Gasteiger partial charge in [0.2, 0.25) is 0 Å². The number of anilines is 2. The van der Waals surface area contributed by atoms with Crippen LogP contribution in [0, 0.1) is 0 Å². The number of carbonyl (C=O) groups excluding carboxylic acids is 2. The first-order valence-electron chi connectivity index (χ1n) is 12.2. The van der Waals surface area contributed by atoms with Crippen molar-refractivity contribution in [3.8, 4) is 0 Å². The monoisotopic (exact) mass is 512 g/mol. The van der Waals surface area contributed by atoms with Crippen LogP contribution >= 0.6 is 11.3 Å². The van der Waals surface area contributed by atoms with E-state index in [4.69, 9.17) is 4.74 Å². The summed E-state index contributed by atoms with van der Waals surface area (Å²) < 4.78 is 5.92. The maximum absolute atomic E-state index is 13.3. The predicted molar refractivity (Wildman–Crippen MR) is 150 cm³/mol. The number of aromatic nitrogens is 1. The lowest BCUT2D eigenvalue weighted by Crippen LogP contribution is -2.22. The lowest BCUT2D eigenvalue weighted by atomic mass is 9.98. The van der Waals surface area contributed by atoms with Gasteiger partial charge in [-0.25, -0.2) is 9.78 Å². The van der Waals surface area contributed by atoms with Crippen LogP contribution in [0.5, 0.6) is 0 Å². The molecule has 1 aliphatic heterocycles. The highest BCUT2D eigenvalue weighted by molar-refractivity contribution is 7.16. The largest absolute Gasteiger partial charge is 0.465 e. The second kappa shape index (κ2) is 10.5. The number of hydrogen-bond donors (Lipinski definition) is 2. The van der Waals surface area contributed by atoms with Crippen LogP contribution in [0.2, 0.25) is 0 Å². The smallest absolute Gasteiger partial charge is 0.337 e. The number of carbonyl (C=O) groups is 2. The van der Waals surface area contributed by atoms with Gasteiger partial charge in [0.05, 0.1) is 45.4 Å². The Balaban J connectivity index is 1.58. The molecule has 4 aromatic rings. The number of hydrogen-bond acceptors (Lipinski definition) is 7. The molecule has 2 N–H and O–H groups in total. The van der Waals surface area contributed by atoms with Gasteiger partial charge >= 0.3 is 5.97 Å². The van der Waals surface area contributed by atoms with Crippen LogP contribution in [0.15, 0.2) is 66.2 Å². The topological polar surface area (TPSA) is 83.6 Å². The van der Waals surface area contributed by atoms with Crippen molar-refractivity contribution in [2.24, 2.45) is 0 Å². The maximum atomic E-state index is 13.3. The Bertz CT molecular complexity index is 1500. The molecule has 1 aliphatic rings. The number of esters is 1. The number of benzene rings is 3. The molecule has 1 aromatic heterocycles. The average molecular weight is 513 g/mol. The molecule has 5 rings (SSSR count). The molecule has 8 heteroatoms. The normalized spacial score (nSPS) is 14.0. The number of amides is 1. The molecule has 3 aromatic carbocycles. The van der Waals surface area contributed by atoms with Gasteiger partial charge in [0.15, 0.2) is 0 Å². The van der Waals surface area contributed by atoms with E-state index in [0.29, 0.717) is 22.5 Å². The molecule has 2 heterocycles. The quantitative estimate of drug-likeness (QED) is 0.227. The van der Waals surface area contributed by atoms with Gasteiger partial charge in [0.1, 0.15) is 0 Å². The summed E-state index contributed by atoms with van der Waals surface area (Å²) in [5.74, 6) is -0.692. The summed E-state index contributed by atoms with van der Waals surface area (Å²) >= 11 is 1.57. The van der Waals surface area contributed by atoms with E-state index in [1.165, 1.54) is 12.7 Å². The van der Waals surface area contributed by atoms with Crippen molar-refractivity contribution in [3.63, 3.8) is 0 Å². The fourth-order valence-corrected chi connectivity index (χ4v) is 5.16. The number of methoxy groups -OCH3 is 1. The Kier molecular flexibility index (Phi) is 7.03. The summed E-state index contributed by atoms with van der Waals surface area (Å²) in [4.78, 5) is 32.2. The average Bonchev–Trinajstić information content (AvgIpc) is 3.53. The zero-order valence-corrected chi connectivity index (χ0v) is 21.8. The van der Waals surface area contributed by atoms with Crippen molar-refractivity contribution in [2.45, 2.75) is 20.4 Å². The zero-order chi connectivity index (χ0) is 25.9. The molecule has 0 aliphatic carbocycles. The van der Waals surface area contributed by atoms with E-state index < -0.39 is 5.97 Å². The molecule has 0 spiro atoms. The van der Waals surface area contributed by atoms with Crippen molar-refractivity contribution in [1.82, 2.24) is 9.88 Å². The lowest BCUT2D eigenvalue weighted by molar-refractivity contribution is -0.110. The molecule has 0 fully saturated rings. The Hall–Kier alpha value is -4.01. The maximum Gasteiger partial charge on any atom is 0.337 e. The summed E-state index contributed by atoms with van der Waals surface area (Å²) in [7, 11) is 1.34. The van der Waals surface area contributed by atoms with Gasteiger partial charge < -0.3 is 15.4 Å². The SMILES string of the molecule is CCN(CC)Cc1ccc(N/C(=C2\C(=O)Nc3cc(C(=O)OC)ccc32)c2ccc3scnc3c2)cc1. The molecule has 0 bridgehead atoms. The van der Waals surface area contributed by atoms with Crippen LogP contribution in [0.4, 0.5) is 11.4 Å². The molecule has 0 atom stereocenters. The fourth-order valence-electron chi connectivity index (χ4n) is 4.50. The number of rotatable bonds is 8. The minimum atomic E-state index is -0.452. The fraction of sp³-hybridized carbons (Fsp3) is 0.207. The summed E-state index contributed by atoms with van der Waals surface area (Å²) in [6.07, 6.45) is 0. The number of nitrogens with one attached hydrogen (secondary N) is 2. The summed E-state index contributed by atoms with van der Waals surface area (Å²) in [5.41, 5.74) is 8.49. The zero-order valence-electron chi connectivity index (χ0n) is 21.0. The van der Waals surface area contributed by atoms with Crippen LogP contribution in [-0.2, 0) is 16.1 Å². The van der Waals surface area contributed by atoms with E-state index in [-0.39, 0.29) is 5.91 Å². The molecule has 188 valence electrons. The van der Waals surface area contributed by atoms with Crippen molar-refractivity contribution >= 4 is 56.1 Å². The second-order valence-corrected chi connectivity index (χ2v) is 9.66. The van der Waals surface area contributed by atoms with Gasteiger partial charge in [-0.2, -0.15) is 0 Å².